The number of rotatable bonds is 3. The SMILES string of the molecule is C[C@@H]1CCN(c2nc(N)nc3nc[nH]c23)CCN1Cc1ccccc1. The van der Waals surface area contributed by atoms with Crippen LogP contribution in [0.3, 0.4) is 0 Å². The maximum atomic E-state index is 5.87. The molecule has 0 amide bonds. The van der Waals surface area contributed by atoms with Gasteiger partial charge in [0, 0.05) is 32.2 Å². The van der Waals surface area contributed by atoms with Gasteiger partial charge in [-0.1, -0.05) is 30.3 Å². The Morgan fingerprint density at radius 2 is 2.00 bits per heavy atom. The standard InChI is InChI=1S/C18H23N7/c1-13-7-8-24(9-10-25(13)11-14-5-3-2-4-6-14)17-15-16(21-12-20-15)22-18(19)23-17/h2-6,12-13H,7-11H2,1H3,(H3,19,20,21,22,23)/t13-/m1/s1. The number of H-pyrrole nitrogens is 1. The Morgan fingerprint density at radius 1 is 1.16 bits per heavy atom. The zero-order chi connectivity index (χ0) is 17.2. The molecule has 1 atom stereocenters. The lowest BCUT2D eigenvalue weighted by Crippen LogP contribution is -2.34. The largest absolute Gasteiger partial charge is 0.368 e. The molecule has 1 aliphatic rings. The Labute approximate surface area is 146 Å². The fourth-order valence-electron chi connectivity index (χ4n) is 3.43. The fourth-order valence-corrected chi connectivity index (χ4v) is 3.43. The minimum atomic E-state index is 0.271. The zero-order valence-electron chi connectivity index (χ0n) is 14.4. The van der Waals surface area contributed by atoms with Gasteiger partial charge in [-0.25, -0.2) is 4.98 Å². The second-order valence-electron chi connectivity index (χ2n) is 6.59. The Hall–Kier alpha value is -2.67. The van der Waals surface area contributed by atoms with Crippen LogP contribution in [0, 0.1) is 0 Å². The van der Waals surface area contributed by atoms with Crippen molar-refractivity contribution in [1.82, 2.24) is 24.8 Å². The van der Waals surface area contributed by atoms with Gasteiger partial charge in [0.2, 0.25) is 5.95 Å². The number of imidazole rings is 1. The average molecular weight is 337 g/mol. The van der Waals surface area contributed by atoms with Crippen molar-refractivity contribution in [2.45, 2.75) is 25.9 Å². The molecule has 7 nitrogen and oxygen atoms in total. The average Bonchev–Trinajstić information content (AvgIpc) is 3.01. The smallest absolute Gasteiger partial charge is 0.224 e. The molecular weight excluding hydrogens is 314 g/mol. The first-order valence-corrected chi connectivity index (χ1v) is 8.70. The number of nitrogens with one attached hydrogen (secondary N) is 1. The van der Waals surface area contributed by atoms with Crippen LogP contribution in [0.15, 0.2) is 36.7 Å². The van der Waals surface area contributed by atoms with E-state index in [0.29, 0.717) is 11.7 Å². The third-order valence-corrected chi connectivity index (χ3v) is 4.91. The summed E-state index contributed by atoms with van der Waals surface area (Å²) >= 11 is 0. The molecule has 25 heavy (non-hydrogen) atoms. The van der Waals surface area contributed by atoms with Crippen LogP contribution in [0.25, 0.3) is 11.2 Å². The van der Waals surface area contributed by atoms with Crippen LogP contribution in [-0.4, -0.2) is 50.5 Å². The molecule has 0 bridgehead atoms. The van der Waals surface area contributed by atoms with Gasteiger partial charge in [0.25, 0.3) is 0 Å². The number of nitrogens with zero attached hydrogens (tertiary/aromatic N) is 5. The Kier molecular flexibility index (Phi) is 4.23. The second kappa shape index (κ2) is 6.68. The van der Waals surface area contributed by atoms with Crippen molar-refractivity contribution in [1.29, 1.82) is 0 Å². The van der Waals surface area contributed by atoms with E-state index in [2.05, 4.69) is 67.0 Å². The van der Waals surface area contributed by atoms with E-state index >= 15 is 0 Å². The molecule has 7 heteroatoms. The van der Waals surface area contributed by atoms with Crippen molar-refractivity contribution in [3.8, 4) is 0 Å². The van der Waals surface area contributed by atoms with Crippen LogP contribution in [0.4, 0.5) is 11.8 Å². The van der Waals surface area contributed by atoms with Gasteiger partial charge in [0.1, 0.15) is 5.52 Å². The molecule has 1 aromatic carbocycles. The van der Waals surface area contributed by atoms with E-state index < -0.39 is 0 Å². The summed E-state index contributed by atoms with van der Waals surface area (Å²) in [6, 6.07) is 11.2. The Balaban J connectivity index is 1.55. The molecule has 3 aromatic rings. The number of nitrogens with two attached hydrogens (primary N) is 1. The second-order valence-corrected chi connectivity index (χ2v) is 6.59. The molecule has 0 spiro atoms. The summed E-state index contributed by atoms with van der Waals surface area (Å²) < 4.78 is 0. The number of benzene rings is 1. The minimum Gasteiger partial charge on any atom is -0.368 e. The molecular formula is C18H23N7. The molecule has 1 saturated heterocycles. The van der Waals surface area contributed by atoms with Crippen molar-refractivity contribution >= 4 is 22.9 Å². The van der Waals surface area contributed by atoms with E-state index in [1.54, 1.807) is 6.33 Å². The number of hydrogen-bond donors (Lipinski definition) is 2. The van der Waals surface area contributed by atoms with Crippen molar-refractivity contribution in [3.05, 3.63) is 42.2 Å². The van der Waals surface area contributed by atoms with Crippen LogP contribution in [0.1, 0.15) is 18.9 Å². The Bertz CT molecular complexity index is 845. The molecule has 0 unspecified atom stereocenters. The van der Waals surface area contributed by atoms with Gasteiger partial charge >= 0.3 is 0 Å². The number of hydrogen-bond acceptors (Lipinski definition) is 6. The molecule has 3 N–H and O–H groups in total. The summed E-state index contributed by atoms with van der Waals surface area (Å²) in [6.07, 6.45) is 2.72. The summed E-state index contributed by atoms with van der Waals surface area (Å²) in [4.78, 5) is 20.9. The number of anilines is 2. The van der Waals surface area contributed by atoms with Gasteiger partial charge in [0.05, 0.1) is 6.33 Å². The molecule has 2 aromatic heterocycles. The third-order valence-electron chi connectivity index (χ3n) is 4.91. The maximum Gasteiger partial charge on any atom is 0.224 e. The van der Waals surface area contributed by atoms with Crippen molar-refractivity contribution in [2.75, 3.05) is 30.3 Å². The van der Waals surface area contributed by atoms with Crippen LogP contribution in [0.2, 0.25) is 0 Å². The highest BCUT2D eigenvalue weighted by Crippen LogP contribution is 2.24. The summed E-state index contributed by atoms with van der Waals surface area (Å²) in [7, 11) is 0. The van der Waals surface area contributed by atoms with Crippen molar-refractivity contribution in [3.63, 3.8) is 0 Å². The first-order chi connectivity index (χ1) is 12.2. The molecule has 0 aliphatic carbocycles. The number of fused-ring (bicyclic) bond motifs is 1. The van der Waals surface area contributed by atoms with Gasteiger partial charge < -0.3 is 15.6 Å². The van der Waals surface area contributed by atoms with Crippen LogP contribution in [-0.2, 0) is 6.54 Å². The predicted molar refractivity (Wildman–Crippen MR) is 99.2 cm³/mol. The van der Waals surface area contributed by atoms with Crippen molar-refractivity contribution < 1.29 is 0 Å². The minimum absolute atomic E-state index is 0.271. The molecule has 3 heterocycles. The third kappa shape index (κ3) is 3.28. The summed E-state index contributed by atoms with van der Waals surface area (Å²) in [5, 5.41) is 0. The first-order valence-electron chi connectivity index (χ1n) is 8.70. The quantitative estimate of drug-likeness (QED) is 0.760. The number of aromatic amines is 1. The van der Waals surface area contributed by atoms with E-state index in [-0.39, 0.29) is 5.95 Å². The zero-order valence-corrected chi connectivity index (χ0v) is 14.4. The van der Waals surface area contributed by atoms with E-state index in [0.717, 1.165) is 43.9 Å². The molecule has 1 aliphatic heterocycles. The first kappa shape index (κ1) is 15.8. The molecule has 130 valence electrons. The monoisotopic (exact) mass is 337 g/mol. The van der Waals surface area contributed by atoms with Gasteiger partial charge in [-0.3, -0.25) is 4.90 Å². The lowest BCUT2D eigenvalue weighted by Gasteiger charge is -2.26. The van der Waals surface area contributed by atoms with Gasteiger partial charge in [-0.05, 0) is 18.9 Å². The highest BCUT2D eigenvalue weighted by Gasteiger charge is 2.23. The summed E-state index contributed by atoms with van der Waals surface area (Å²) in [6.45, 7) is 6.10. The Morgan fingerprint density at radius 3 is 2.84 bits per heavy atom. The molecule has 1 fully saturated rings. The predicted octanol–water partition coefficient (Wildman–Crippen LogP) is 2.04. The van der Waals surface area contributed by atoms with Gasteiger partial charge in [-0.2, -0.15) is 9.97 Å². The normalized spacial score (nSPS) is 19.2. The van der Waals surface area contributed by atoms with E-state index in [1.807, 2.05) is 0 Å². The molecule has 0 radical (unpaired) electrons. The van der Waals surface area contributed by atoms with Crippen LogP contribution in [0.5, 0.6) is 0 Å². The van der Waals surface area contributed by atoms with Gasteiger partial charge in [-0.15, -0.1) is 0 Å². The highest BCUT2D eigenvalue weighted by atomic mass is 15.3. The topological polar surface area (TPSA) is 87.0 Å². The van der Waals surface area contributed by atoms with E-state index in [9.17, 15) is 0 Å². The van der Waals surface area contributed by atoms with E-state index in [1.165, 1.54) is 5.56 Å². The van der Waals surface area contributed by atoms with E-state index in [4.69, 9.17) is 5.73 Å². The van der Waals surface area contributed by atoms with Crippen molar-refractivity contribution in [2.24, 2.45) is 0 Å². The number of nitrogen functional groups attached to an aromatic ring is 1. The van der Waals surface area contributed by atoms with Gasteiger partial charge in [0.15, 0.2) is 11.5 Å². The molecule has 0 saturated carbocycles. The lowest BCUT2D eigenvalue weighted by atomic mass is 10.1. The highest BCUT2D eigenvalue weighted by molar-refractivity contribution is 5.84. The summed E-state index contributed by atoms with van der Waals surface area (Å²) in [5.41, 5.74) is 8.71. The van der Waals surface area contributed by atoms with Crippen LogP contribution < -0.4 is 10.6 Å². The molecule has 4 rings (SSSR count). The lowest BCUT2D eigenvalue weighted by molar-refractivity contribution is 0.212. The van der Waals surface area contributed by atoms with Crippen LogP contribution >= 0.6 is 0 Å². The number of aromatic nitrogens is 4. The summed E-state index contributed by atoms with van der Waals surface area (Å²) in [5.74, 6) is 1.13. The fraction of sp³-hybridized carbons (Fsp3) is 0.389. The maximum absolute atomic E-state index is 5.87.